The second-order valence-electron chi connectivity index (χ2n) is 4.66. The second kappa shape index (κ2) is 5.39. The number of nitrogens with two attached hydrogens (primary N) is 1. The minimum absolute atomic E-state index is 0.0299. The van der Waals surface area contributed by atoms with Gasteiger partial charge in [0, 0.05) is 18.1 Å². The predicted molar refractivity (Wildman–Crippen MR) is 76.8 cm³/mol. The van der Waals surface area contributed by atoms with Crippen LogP contribution in [0.1, 0.15) is 26.7 Å². The molecule has 0 radical (unpaired) electrons. The van der Waals surface area contributed by atoms with E-state index in [0.717, 1.165) is 0 Å². The summed E-state index contributed by atoms with van der Waals surface area (Å²) < 4.78 is 5.97. The lowest BCUT2D eigenvalue weighted by Crippen LogP contribution is -2.56. The maximum atomic E-state index is 12.7. The predicted octanol–water partition coefficient (Wildman–Crippen LogP) is 2.58. The Balaban J connectivity index is 2.52. The van der Waals surface area contributed by atoms with Crippen molar-refractivity contribution < 1.29 is 9.53 Å². The van der Waals surface area contributed by atoms with Crippen molar-refractivity contribution in [1.29, 1.82) is 0 Å². The first-order valence-corrected chi connectivity index (χ1v) is 6.96. The maximum absolute atomic E-state index is 12.7. The van der Waals surface area contributed by atoms with E-state index in [1.165, 1.54) is 0 Å². The first-order valence-electron chi connectivity index (χ1n) is 6.58. The smallest absolute Gasteiger partial charge is 0.271 e. The van der Waals surface area contributed by atoms with Crippen molar-refractivity contribution in [3.8, 4) is 5.75 Å². The molecule has 4 nitrogen and oxygen atoms in total. The van der Waals surface area contributed by atoms with Crippen LogP contribution in [-0.4, -0.2) is 24.6 Å². The largest absolute Gasteiger partial charge is 0.475 e. The van der Waals surface area contributed by atoms with E-state index >= 15 is 0 Å². The van der Waals surface area contributed by atoms with Crippen LogP contribution in [0.5, 0.6) is 5.75 Å². The quantitative estimate of drug-likeness (QED) is 0.923. The zero-order valence-electron chi connectivity index (χ0n) is 11.3. The molecule has 2 N–H and O–H groups in total. The van der Waals surface area contributed by atoms with Crippen LogP contribution >= 0.6 is 11.6 Å². The molecule has 2 rings (SSSR count). The fourth-order valence-corrected chi connectivity index (χ4v) is 2.61. The number of nitrogens with zero attached hydrogens (tertiary/aromatic N) is 1. The Morgan fingerprint density at radius 1 is 1.37 bits per heavy atom. The van der Waals surface area contributed by atoms with Crippen molar-refractivity contribution in [3.05, 3.63) is 23.2 Å². The Labute approximate surface area is 118 Å². The first-order chi connectivity index (χ1) is 9.07. The molecule has 5 heteroatoms. The molecule has 0 spiro atoms. The molecule has 1 aromatic carbocycles. The van der Waals surface area contributed by atoms with Crippen LogP contribution in [-0.2, 0) is 4.79 Å². The number of hydrogen-bond donors (Lipinski definition) is 1. The van der Waals surface area contributed by atoms with Gasteiger partial charge in [0.2, 0.25) is 0 Å². The summed E-state index contributed by atoms with van der Waals surface area (Å²) in [6.07, 6.45) is 1.26. The normalized spacial score (nSPS) is 17.1. The molecule has 0 aliphatic carbocycles. The Morgan fingerprint density at radius 3 is 2.63 bits per heavy atom. The van der Waals surface area contributed by atoms with E-state index in [-0.39, 0.29) is 5.91 Å². The molecule has 0 bridgehead atoms. The Bertz CT molecular complexity index is 486. The summed E-state index contributed by atoms with van der Waals surface area (Å²) in [5, 5.41) is 0.581. The summed E-state index contributed by atoms with van der Waals surface area (Å²) in [7, 11) is 0. The summed E-state index contributed by atoms with van der Waals surface area (Å²) in [6, 6.07) is 5.33. The van der Waals surface area contributed by atoms with Crippen molar-refractivity contribution in [3.63, 3.8) is 0 Å². The standard InChI is InChI=1S/C14H19ClN2O2/c1-3-14(4-2)13(18)17(8-7-16)11-9-10(15)5-6-12(11)19-14/h5-6,9H,3-4,7-8,16H2,1-2H3. The van der Waals surface area contributed by atoms with Gasteiger partial charge in [-0.2, -0.15) is 0 Å². The van der Waals surface area contributed by atoms with Gasteiger partial charge < -0.3 is 15.4 Å². The molecule has 104 valence electrons. The second-order valence-corrected chi connectivity index (χ2v) is 5.10. The molecule has 1 heterocycles. The van der Waals surface area contributed by atoms with Gasteiger partial charge in [0.15, 0.2) is 5.60 Å². The highest BCUT2D eigenvalue weighted by Crippen LogP contribution is 2.41. The summed E-state index contributed by atoms with van der Waals surface area (Å²) in [4.78, 5) is 14.4. The first kappa shape index (κ1) is 14.2. The number of amides is 1. The Morgan fingerprint density at radius 2 is 2.05 bits per heavy atom. The molecule has 0 saturated carbocycles. The van der Waals surface area contributed by atoms with E-state index in [4.69, 9.17) is 22.1 Å². The fraction of sp³-hybridized carbons (Fsp3) is 0.500. The highest BCUT2D eigenvalue weighted by molar-refractivity contribution is 6.31. The van der Waals surface area contributed by atoms with Crippen LogP contribution in [0.2, 0.25) is 5.02 Å². The molecule has 0 fully saturated rings. The number of anilines is 1. The third kappa shape index (κ3) is 2.30. The molecule has 0 atom stereocenters. The van der Waals surface area contributed by atoms with Gasteiger partial charge in [0.1, 0.15) is 5.75 Å². The number of rotatable bonds is 4. The molecule has 19 heavy (non-hydrogen) atoms. The van der Waals surface area contributed by atoms with Gasteiger partial charge in [-0.05, 0) is 31.0 Å². The van der Waals surface area contributed by atoms with E-state index in [9.17, 15) is 4.79 Å². The minimum Gasteiger partial charge on any atom is -0.475 e. The highest BCUT2D eigenvalue weighted by Gasteiger charge is 2.45. The zero-order chi connectivity index (χ0) is 14.0. The van der Waals surface area contributed by atoms with E-state index in [2.05, 4.69) is 0 Å². The van der Waals surface area contributed by atoms with Crippen LogP contribution in [0.4, 0.5) is 5.69 Å². The lowest BCUT2D eigenvalue weighted by atomic mass is 9.93. The number of halogens is 1. The number of ether oxygens (including phenoxy) is 1. The SMILES string of the molecule is CCC1(CC)Oc2ccc(Cl)cc2N(CCN)C1=O. The van der Waals surface area contributed by atoms with Crippen LogP contribution in [0.3, 0.4) is 0 Å². The Kier molecular flexibility index (Phi) is 4.02. The average molecular weight is 283 g/mol. The van der Waals surface area contributed by atoms with Crippen LogP contribution in [0.15, 0.2) is 18.2 Å². The van der Waals surface area contributed by atoms with E-state index in [1.807, 2.05) is 19.9 Å². The molecule has 1 aliphatic heterocycles. The van der Waals surface area contributed by atoms with Crippen molar-refractivity contribution in [1.82, 2.24) is 0 Å². The number of fused-ring (bicyclic) bond motifs is 1. The summed E-state index contributed by atoms with van der Waals surface area (Å²) in [5.41, 5.74) is 5.55. The minimum atomic E-state index is -0.782. The van der Waals surface area contributed by atoms with Crippen LogP contribution in [0.25, 0.3) is 0 Å². The molecule has 0 unspecified atom stereocenters. The molecular formula is C14H19ClN2O2. The van der Waals surface area contributed by atoms with Crippen molar-refractivity contribution in [2.24, 2.45) is 5.73 Å². The van der Waals surface area contributed by atoms with Gasteiger partial charge in [-0.15, -0.1) is 0 Å². The number of carbonyl (C=O) groups is 1. The zero-order valence-corrected chi connectivity index (χ0v) is 12.0. The lowest BCUT2D eigenvalue weighted by Gasteiger charge is -2.42. The third-order valence-corrected chi connectivity index (χ3v) is 3.88. The van der Waals surface area contributed by atoms with Gasteiger partial charge in [0.05, 0.1) is 5.69 Å². The van der Waals surface area contributed by atoms with E-state index in [0.29, 0.717) is 42.4 Å². The van der Waals surface area contributed by atoms with Gasteiger partial charge in [-0.1, -0.05) is 25.4 Å². The lowest BCUT2D eigenvalue weighted by molar-refractivity contribution is -0.136. The van der Waals surface area contributed by atoms with Crippen LogP contribution < -0.4 is 15.4 Å². The summed E-state index contributed by atoms with van der Waals surface area (Å²) in [6.45, 7) is 4.80. The van der Waals surface area contributed by atoms with Crippen LogP contribution in [0, 0.1) is 0 Å². The number of hydrogen-bond acceptors (Lipinski definition) is 3. The third-order valence-electron chi connectivity index (χ3n) is 3.65. The van der Waals surface area contributed by atoms with Gasteiger partial charge in [-0.3, -0.25) is 4.79 Å². The molecule has 1 amide bonds. The Hall–Kier alpha value is -1.26. The monoisotopic (exact) mass is 282 g/mol. The highest BCUT2D eigenvalue weighted by atomic mass is 35.5. The number of carbonyl (C=O) groups excluding carboxylic acids is 1. The van der Waals surface area contributed by atoms with E-state index in [1.54, 1.807) is 17.0 Å². The van der Waals surface area contributed by atoms with E-state index < -0.39 is 5.60 Å². The number of benzene rings is 1. The topological polar surface area (TPSA) is 55.6 Å². The van der Waals surface area contributed by atoms with Crippen molar-refractivity contribution >= 4 is 23.2 Å². The fourth-order valence-electron chi connectivity index (χ4n) is 2.45. The summed E-state index contributed by atoms with van der Waals surface area (Å²) >= 11 is 6.00. The molecule has 1 aliphatic rings. The van der Waals surface area contributed by atoms with Crippen molar-refractivity contribution in [2.75, 3.05) is 18.0 Å². The molecule has 0 saturated heterocycles. The average Bonchev–Trinajstić information content (AvgIpc) is 2.42. The maximum Gasteiger partial charge on any atom is 0.271 e. The molecule has 0 aromatic heterocycles. The van der Waals surface area contributed by atoms with Gasteiger partial charge in [0.25, 0.3) is 5.91 Å². The van der Waals surface area contributed by atoms with Gasteiger partial charge in [-0.25, -0.2) is 0 Å². The van der Waals surface area contributed by atoms with Gasteiger partial charge >= 0.3 is 0 Å². The molecule has 1 aromatic rings. The summed E-state index contributed by atoms with van der Waals surface area (Å²) in [5.74, 6) is 0.666. The van der Waals surface area contributed by atoms with Crippen molar-refractivity contribution in [2.45, 2.75) is 32.3 Å². The molecular weight excluding hydrogens is 264 g/mol.